The molecule has 110 valence electrons. The molecule has 4 nitrogen and oxygen atoms in total. The molecule has 1 aromatic rings. The van der Waals surface area contributed by atoms with Crippen LogP contribution in [0.1, 0.15) is 11.1 Å². The second-order valence-electron chi connectivity index (χ2n) is 4.37. The van der Waals surface area contributed by atoms with Gasteiger partial charge >= 0.3 is 0 Å². The van der Waals surface area contributed by atoms with Crippen LogP contribution in [0.5, 0.6) is 0 Å². The fourth-order valence-electron chi connectivity index (χ4n) is 1.83. The van der Waals surface area contributed by atoms with Crippen LogP contribution in [-0.4, -0.2) is 20.5 Å². The van der Waals surface area contributed by atoms with Crippen molar-refractivity contribution in [2.24, 2.45) is 0 Å². The van der Waals surface area contributed by atoms with Crippen LogP contribution in [0.3, 0.4) is 0 Å². The summed E-state index contributed by atoms with van der Waals surface area (Å²) in [5.74, 6) is -0.345. The number of amides is 2. The molecule has 2 aliphatic heterocycles. The van der Waals surface area contributed by atoms with Gasteiger partial charge in [0.15, 0.2) is 0 Å². The third-order valence-corrected chi connectivity index (χ3v) is 5.14. The Morgan fingerprint density at radius 3 is 1.41 bits per heavy atom. The minimum absolute atomic E-state index is 0.172. The Balaban J connectivity index is 1.79. The standard InChI is InChI=1S/C14H8N2O2S4/c17-11-9(21-13(19)15-11)5-7-1-2-8(4-3-7)6-10-12(18)16-14(20)22-10/h1-6H,(H,15,17,19)(H,16,18,20). The molecule has 2 N–H and O–H groups in total. The smallest absolute Gasteiger partial charge is 0.263 e. The van der Waals surface area contributed by atoms with Gasteiger partial charge in [-0.25, -0.2) is 0 Å². The summed E-state index contributed by atoms with van der Waals surface area (Å²) in [6, 6.07) is 7.52. The lowest BCUT2D eigenvalue weighted by molar-refractivity contribution is -0.116. The SMILES string of the molecule is O=C1NC(=S)SC1=Cc1ccc(C=C2SC(=S)NC2=O)cc1. The predicted molar refractivity (Wildman–Crippen MR) is 99.1 cm³/mol. The van der Waals surface area contributed by atoms with Crippen LogP contribution in [0.2, 0.25) is 0 Å². The van der Waals surface area contributed by atoms with E-state index in [1.165, 1.54) is 23.5 Å². The number of rotatable bonds is 2. The second kappa shape index (κ2) is 6.33. The Bertz CT molecular complexity index is 701. The Hall–Kier alpha value is -1.48. The van der Waals surface area contributed by atoms with Crippen molar-refractivity contribution in [3.8, 4) is 0 Å². The summed E-state index contributed by atoms with van der Waals surface area (Å²) in [4.78, 5) is 24.3. The zero-order valence-electron chi connectivity index (χ0n) is 10.9. The summed E-state index contributed by atoms with van der Waals surface area (Å²) >= 11 is 12.4. The van der Waals surface area contributed by atoms with Crippen molar-refractivity contribution < 1.29 is 9.59 Å². The molecule has 2 saturated heterocycles. The van der Waals surface area contributed by atoms with E-state index in [0.29, 0.717) is 18.5 Å². The molecule has 0 bridgehead atoms. The van der Waals surface area contributed by atoms with Gasteiger partial charge in [-0.05, 0) is 23.3 Å². The first kappa shape index (κ1) is 15.4. The average molecular weight is 364 g/mol. The first-order valence-electron chi connectivity index (χ1n) is 6.11. The molecular weight excluding hydrogens is 356 g/mol. The summed E-state index contributed by atoms with van der Waals surface area (Å²) in [6.45, 7) is 0. The van der Waals surface area contributed by atoms with Gasteiger partial charge in [0, 0.05) is 0 Å². The van der Waals surface area contributed by atoms with E-state index in [-0.39, 0.29) is 11.8 Å². The number of carbonyl (C=O) groups is 2. The van der Waals surface area contributed by atoms with Crippen molar-refractivity contribution in [1.82, 2.24) is 10.6 Å². The normalized spacial score (nSPS) is 21.6. The number of hydrogen-bond acceptors (Lipinski definition) is 6. The van der Waals surface area contributed by atoms with E-state index in [1.54, 1.807) is 12.2 Å². The molecule has 0 aliphatic carbocycles. The first-order chi connectivity index (χ1) is 10.5. The number of nitrogens with one attached hydrogen (secondary N) is 2. The van der Waals surface area contributed by atoms with Gasteiger partial charge < -0.3 is 10.6 Å². The zero-order valence-corrected chi connectivity index (χ0v) is 14.2. The summed E-state index contributed by atoms with van der Waals surface area (Å²) in [7, 11) is 0. The van der Waals surface area contributed by atoms with Gasteiger partial charge in [0.05, 0.1) is 9.81 Å². The van der Waals surface area contributed by atoms with Gasteiger partial charge in [-0.15, -0.1) is 0 Å². The van der Waals surface area contributed by atoms with E-state index < -0.39 is 0 Å². The topological polar surface area (TPSA) is 58.2 Å². The molecule has 8 heteroatoms. The minimum atomic E-state index is -0.172. The molecule has 2 amide bonds. The largest absolute Gasteiger partial charge is 0.307 e. The summed E-state index contributed by atoms with van der Waals surface area (Å²) < 4.78 is 0.940. The average Bonchev–Trinajstić information content (AvgIpc) is 2.94. The third kappa shape index (κ3) is 3.46. The molecule has 2 aliphatic rings. The maximum absolute atomic E-state index is 11.6. The van der Waals surface area contributed by atoms with Gasteiger partial charge in [0.2, 0.25) is 0 Å². The molecular formula is C14H8N2O2S4. The fraction of sp³-hybridized carbons (Fsp3) is 0. The lowest BCUT2D eigenvalue weighted by Gasteiger charge is -1.98. The number of benzene rings is 1. The Morgan fingerprint density at radius 1 is 0.773 bits per heavy atom. The number of thiocarbonyl (C=S) groups is 2. The summed E-state index contributed by atoms with van der Waals surface area (Å²) in [5, 5.41) is 5.15. The van der Waals surface area contributed by atoms with E-state index in [1.807, 2.05) is 24.3 Å². The van der Waals surface area contributed by atoms with Crippen LogP contribution in [0.15, 0.2) is 34.1 Å². The quantitative estimate of drug-likeness (QED) is 0.622. The molecule has 0 atom stereocenters. The van der Waals surface area contributed by atoms with E-state index >= 15 is 0 Å². The van der Waals surface area contributed by atoms with Crippen LogP contribution in [0.4, 0.5) is 0 Å². The van der Waals surface area contributed by atoms with Crippen molar-refractivity contribution in [3.63, 3.8) is 0 Å². The van der Waals surface area contributed by atoms with Crippen molar-refractivity contribution in [3.05, 3.63) is 45.2 Å². The highest BCUT2D eigenvalue weighted by Gasteiger charge is 2.22. The van der Waals surface area contributed by atoms with Crippen LogP contribution >= 0.6 is 48.0 Å². The van der Waals surface area contributed by atoms with Gasteiger partial charge in [-0.2, -0.15) is 0 Å². The van der Waals surface area contributed by atoms with Crippen LogP contribution in [0, 0.1) is 0 Å². The predicted octanol–water partition coefficient (Wildman–Crippen LogP) is 2.66. The van der Waals surface area contributed by atoms with Crippen molar-refractivity contribution in [2.45, 2.75) is 0 Å². The Morgan fingerprint density at radius 2 is 1.14 bits per heavy atom. The lowest BCUT2D eigenvalue weighted by Crippen LogP contribution is -2.17. The Labute approximate surface area is 145 Å². The zero-order chi connectivity index (χ0) is 15.7. The molecule has 0 spiro atoms. The number of carbonyl (C=O) groups excluding carboxylic acids is 2. The summed E-state index contributed by atoms with van der Waals surface area (Å²) in [6.07, 6.45) is 3.56. The lowest BCUT2D eigenvalue weighted by atomic mass is 10.1. The van der Waals surface area contributed by atoms with Gasteiger partial charge in [-0.3, -0.25) is 9.59 Å². The molecule has 22 heavy (non-hydrogen) atoms. The molecule has 2 fully saturated rings. The van der Waals surface area contributed by atoms with Crippen molar-refractivity contribution in [1.29, 1.82) is 0 Å². The first-order valence-corrected chi connectivity index (χ1v) is 8.56. The van der Waals surface area contributed by atoms with Gasteiger partial charge in [-0.1, -0.05) is 72.2 Å². The highest BCUT2D eigenvalue weighted by molar-refractivity contribution is 8.27. The maximum atomic E-state index is 11.6. The van der Waals surface area contributed by atoms with E-state index in [2.05, 4.69) is 10.6 Å². The molecule has 0 saturated carbocycles. The van der Waals surface area contributed by atoms with Gasteiger partial charge in [0.25, 0.3) is 11.8 Å². The summed E-state index contributed by atoms with van der Waals surface area (Å²) in [5.41, 5.74) is 1.78. The fourth-order valence-corrected chi connectivity index (χ4v) is 3.92. The highest BCUT2D eigenvalue weighted by Crippen LogP contribution is 2.27. The van der Waals surface area contributed by atoms with E-state index in [0.717, 1.165) is 11.1 Å². The van der Waals surface area contributed by atoms with E-state index in [4.69, 9.17) is 24.4 Å². The monoisotopic (exact) mass is 364 g/mol. The number of hydrogen-bond donors (Lipinski definition) is 2. The van der Waals surface area contributed by atoms with Crippen LogP contribution in [0.25, 0.3) is 12.2 Å². The molecule has 3 rings (SSSR count). The van der Waals surface area contributed by atoms with Crippen LogP contribution in [-0.2, 0) is 9.59 Å². The van der Waals surface area contributed by atoms with Crippen molar-refractivity contribution >= 4 is 80.6 Å². The second-order valence-corrected chi connectivity index (χ2v) is 7.81. The minimum Gasteiger partial charge on any atom is -0.307 e. The van der Waals surface area contributed by atoms with Crippen molar-refractivity contribution in [2.75, 3.05) is 0 Å². The number of thioether (sulfide) groups is 2. The Kier molecular flexibility index (Phi) is 4.44. The third-order valence-electron chi connectivity index (χ3n) is 2.82. The maximum Gasteiger partial charge on any atom is 0.263 e. The molecule has 0 unspecified atom stereocenters. The molecule has 0 radical (unpaired) electrons. The molecule has 2 heterocycles. The highest BCUT2D eigenvalue weighted by atomic mass is 32.2. The van der Waals surface area contributed by atoms with Gasteiger partial charge in [0.1, 0.15) is 8.64 Å². The molecule has 0 aromatic heterocycles. The van der Waals surface area contributed by atoms with Crippen LogP contribution < -0.4 is 10.6 Å². The molecule has 1 aromatic carbocycles. The van der Waals surface area contributed by atoms with E-state index in [9.17, 15) is 9.59 Å².